The molecule has 2 unspecified atom stereocenters. The summed E-state index contributed by atoms with van der Waals surface area (Å²) in [4.78, 5) is 0. The Labute approximate surface area is 146 Å². The first-order chi connectivity index (χ1) is 10.9. The average Bonchev–Trinajstić information content (AvgIpc) is 2.43. The first-order valence-electron chi connectivity index (χ1n) is 9.71. The molecular weight excluding hydrogens is 313 g/mol. The predicted molar refractivity (Wildman–Crippen MR) is 93.8 cm³/mol. The minimum atomic E-state index is -4.55. The van der Waals surface area contributed by atoms with Gasteiger partial charge < -0.3 is 0 Å². The molecule has 0 aromatic rings. The van der Waals surface area contributed by atoms with E-state index in [2.05, 4.69) is 25.5 Å². The average molecular weight is 351 g/mol. The van der Waals surface area contributed by atoms with E-state index < -0.39 is 12.0 Å². The molecule has 1 aliphatic carbocycles. The van der Waals surface area contributed by atoms with E-state index in [-0.39, 0.29) is 5.41 Å². The molecule has 4 heteroatoms. The summed E-state index contributed by atoms with van der Waals surface area (Å²) in [6, 6.07) is 0. The molecule has 1 fully saturated rings. The standard InChI is InChI=1S/C20H37F3O/c1-6-16-10-7-8-11-17(16)12-9-13-18(2,3)14-15-19(4,5)24-20(21,22)23/h16-17H,6-15H2,1-5H3. The van der Waals surface area contributed by atoms with Gasteiger partial charge in [-0.25, -0.2) is 0 Å². The molecule has 0 saturated heterocycles. The van der Waals surface area contributed by atoms with Gasteiger partial charge in [-0.1, -0.05) is 65.7 Å². The molecule has 1 aliphatic rings. The highest BCUT2D eigenvalue weighted by atomic mass is 19.4. The molecule has 1 saturated carbocycles. The van der Waals surface area contributed by atoms with Crippen molar-refractivity contribution in [3.05, 3.63) is 0 Å². The Bertz CT molecular complexity index is 360. The summed E-state index contributed by atoms with van der Waals surface area (Å²) in [7, 11) is 0. The van der Waals surface area contributed by atoms with Crippen LogP contribution in [0.3, 0.4) is 0 Å². The molecule has 0 radical (unpaired) electrons. The monoisotopic (exact) mass is 350 g/mol. The van der Waals surface area contributed by atoms with Crippen molar-refractivity contribution < 1.29 is 17.9 Å². The second-order valence-electron chi connectivity index (χ2n) is 9.08. The van der Waals surface area contributed by atoms with E-state index in [4.69, 9.17) is 0 Å². The van der Waals surface area contributed by atoms with Crippen LogP contribution in [0.15, 0.2) is 0 Å². The Morgan fingerprint density at radius 2 is 1.46 bits per heavy atom. The molecule has 0 bridgehead atoms. The van der Waals surface area contributed by atoms with Crippen LogP contribution in [-0.4, -0.2) is 12.0 Å². The fourth-order valence-corrected chi connectivity index (χ4v) is 4.17. The summed E-state index contributed by atoms with van der Waals surface area (Å²) in [6.07, 6.45) is 6.99. The Kier molecular flexibility index (Phi) is 8.09. The zero-order valence-corrected chi connectivity index (χ0v) is 16.3. The van der Waals surface area contributed by atoms with Gasteiger partial charge in [-0.05, 0) is 50.4 Å². The van der Waals surface area contributed by atoms with Gasteiger partial charge in [0.15, 0.2) is 0 Å². The SMILES string of the molecule is CCC1CCCCC1CCCC(C)(C)CCC(C)(C)OC(F)(F)F. The maximum atomic E-state index is 12.4. The number of hydrogen-bond donors (Lipinski definition) is 0. The van der Waals surface area contributed by atoms with Crippen LogP contribution in [0.4, 0.5) is 13.2 Å². The second-order valence-corrected chi connectivity index (χ2v) is 9.08. The zero-order chi connectivity index (χ0) is 18.4. The predicted octanol–water partition coefficient (Wildman–Crippen LogP) is 7.49. The molecule has 0 aliphatic heterocycles. The molecule has 0 heterocycles. The molecule has 24 heavy (non-hydrogen) atoms. The van der Waals surface area contributed by atoms with Crippen LogP contribution in [0.25, 0.3) is 0 Å². The zero-order valence-electron chi connectivity index (χ0n) is 16.3. The van der Waals surface area contributed by atoms with Gasteiger partial charge in [0.05, 0.1) is 5.60 Å². The van der Waals surface area contributed by atoms with Crippen molar-refractivity contribution in [3.8, 4) is 0 Å². The molecule has 2 atom stereocenters. The summed E-state index contributed by atoms with van der Waals surface area (Å²) >= 11 is 0. The van der Waals surface area contributed by atoms with E-state index in [1.54, 1.807) is 0 Å². The highest BCUT2D eigenvalue weighted by molar-refractivity contribution is 4.79. The third kappa shape index (κ3) is 8.73. The Hall–Kier alpha value is -0.250. The second kappa shape index (κ2) is 8.91. The summed E-state index contributed by atoms with van der Waals surface area (Å²) in [5, 5.41) is 0. The van der Waals surface area contributed by atoms with Crippen molar-refractivity contribution >= 4 is 0 Å². The van der Waals surface area contributed by atoms with Crippen LogP contribution in [0.5, 0.6) is 0 Å². The Morgan fingerprint density at radius 1 is 0.875 bits per heavy atom. The third-order valence-corrected chi connectivity index (χ3v) is 5.82. The maximum absolute atomic E-state index is 12.4. The van der Waals surface area contributed by atoms with Crippen molar-refractivity contribution in [1.82, 2.24) is 0 Å². The van der Waals surface area contributed by atoms with Crippen LogP contribution in [-0.2, 0) is 4.74 Å². The summed E-state index contributed by atoms with van der Waals surface area (Å²) in [6.45, 7) is 9.72. The minimum absolute atomic E-state index is 0.0720. The van der Waals surface area contributed by atoms with Gasteiger partial charge in [0.25, 0.3) is 0 Å². The normalized spacial score (nSPS) is 23.5. The van der Waals surface area contributed by atoms with E-state index in [1.807, 2.05) is 0 Å². The molecule has 0 amide bonds. The van der Waals surface area contributed by atoms with Crippen molar-refractivity contribution in [2.75, 3.05) is 0 Å². The maximum Gasteiger partial charge on any atom is 0.523 e. The van der Waals surface area contributed by atoms with Crippen LogP contribution in [0.1, 0.15) is 98.8 Å². The van der Waals surface area contributed by atoms with Crippen molar-refractivity contribution in [1.29, 1.82) is 0 Å². The summed E-state index contributed by atoms with van der Waals surface area (Å²) in [5.74, 6) is 1.76. The largest absolute Gasteiger partial charge is 0.523 e. The van der Waals surface area contributed by atoms with Gasteiger partial charge in [0.2, 0.25) is 0 Å². The molecule has 144 valence electrons. The molecule has 0 N–H and O–H groups in total. The van der Waals surface area contributed by atoms with E-state index in [1.165, 1.54) is 58.8 Å². The summed E-state index contributed by atoms with van der Waals surface area (Å²) < 4.78 is 41.5. The number of halogens is 3. The van der Waals surface area contributed by atoms with Crippen LogP contribution >= 0.6 is 0 Å². The fourth-order valence-electron chi connectivity index (χ4n) is 4.17. The van der Waals surface area contributed by atoms with Gasteiger partial charge in [-0.15, -0.1) is 13.2 Å². The van der Waals surface area contributed by atoms with Gasteiger partial charge >= 0.3 is 6.36 Å². The highest BCUT2D eigenvalue weighted by Gasteiger charge is 2.38. The quantitative estimate of drug-likeness (QED) is 0.418. The van der Waals surface area contributed by atoms with Crippen molar-refractivity contribution in [2.45, 2.75) is 111 Å². The van der Waals surface area contributed by atoms with E-state index in [9.17, 15) is 13.2 Å². The molecule has 0 aromatic carbocycles. The third-order valence-electron chi connectivity index (χ3n) is 5.82. The lowest BCUT2D eigenvalue weighted by Gasteiger charge is -2.34. The van der Waals surface area contributed by atoms with E-state index >= 15 is 0 Å². The topological polar surface area (TPSA) is 9.23 Å². The minimum Gasteiger partial charge on any atom is -0.286 e. The number of rotatable bonds is 9. The first-order valence-corrected chi connectivity index (χ1v) is 9.71. The Balaban J connectivity index is 2.35. The number of ether oxygens (including phenoxy) is 1. The molecule has 0 spiro atoms. The lowest BCUT2D eigenvalue weighted by molar-refractivity contribution is -0.362. The van der Waals surface area contributed by atoms with Crippen LogP contribution in [0.2, 0.25) is 0 Å². The summed E-state index contributed by atoms with van der Waals surface area (Å²) in [5.41, 5.74) is -1.07. The fraction of sp³-hybridized carbons (Fsp3) is 1.00. The van der Waals surface area contributed by atoms with E-state index in [0.717, 1.165) is 24.7 Å². The van der Waals surface area contributed by atoms with Crippen molar-refractivity contribution in [2.24, 2.45) is 17.3 Å². The van der Waals surface area contributed by atoms with Gasteiger partial charge in [-0.3, -0.25) is 4.74 Å². The number of hydrogen-bond acceptors (Lipinski definition) is 1. The van der Waals surface area contributed by atoms with Gasteiger partial charge in [0.1, 0.15) is 0 Å². The van der Waals surface area contributed by atoms with Crippen LogP contribution < -0.4 is 0 Å². The molecule has 0 aromatic heterocycles. The molecular formula is C20H37F3O. The van der Waals surface area contributed by atoms with Gasteiger partial charge in [-0.2, -0.15) is 0 Å². The van der Waals surface area contributed by atoms with Crippen molar-refractivity contribution in [3.63, 3.8) is 0 Å². The molecule has 1 rings (SSSR count). The smallest absolute Gasteiger partial charge is 0.286 e. The van der Waals surface area contributed by atoms with Crippen LogP contribution in [0, 0.1) is 17.3 Å². The highest BCUT2D eigenvalue weighted by Crippen LogP contribution is 2.39. The van der Waals surface area contributed by atoms with Gasteiger partial charge in [0, 0.05) is 0 Å². The molecule has 1 nitrogen and oxygen atoms in total. The first kappa shape index (κ1) is 21.8. The Morgan fingerprint density at radius 3 is 2.00 bits per heavy atom. The van der Waals surface area contributed by atoms with E-state index in [0.29, 0.717) is 6.42 Å². The lowest BCUT2D eigenvalue weighted by atomic mass is 9.73. The number of alkyl halides is 3. The lowest BCUT2D eigenvalue weighted by Crippen LogP contribution is -2.33.